The molecule has 29 heavy (non-hydrogen) atoms. The van der Waals surface area contributed by atoms with Crippen LogP contribution in [0.4, 0.5) is 15.7 Å². The van der Waals surface area contributed by atoms with Crippen molar-refractivity contribution in [1.82, 2.24) is 20.0 Å². The third kappa shape index (κ3) is 6.17. The van der Waals surface area contributed by atoms with Gasteiger partial charge in [0.25, 0.3) is 0 Å². The van der Waals surface area contributed by atoms with Crippen LogP contribution in [0.1, 0.15) is 12.5 Å². The minimum Gasteiger partial charge on any atom is -0.450 e. The van der Waals surface area contributed by atoms with Crippen LogP contribution in [0.25, 0.3) is 0 Å². The maximum atomic E-state index is 12.3. The molecule has 0 bridgehead atoms. The molecule has 0 spiro atoms. The largest absolute Gasteiger partial charge is 0.450 e. The van der Waals surface area contributed by atoms with E-state index in [1.807, 2.05) is 24.3 Å². The number of nitrogens with one attached hydrogen (secondary N) is 2. The fourth-order valence-electron chi connectivity index (χ4n) is 2.23. The number of anilines is 2. The van der Waals surface area contributed by atoms with Gasteiger partial charge in [0.05, 0.1) is 25.1 Å². The van der Waals surface area contributed by atoms with Crippen molar-refractivity contribution in [1.29, 1.82) is 0 Å². The molecule has 1 aromatic carbocycles. The summed E-state index contributed by atoms with van der Waals surface area (Å²) in [6, 6.07) is 9.18. The van der Waals surface area contributed by atoms with Crippen LogP contribution >= 0.6 is 34.7 Å². The summed E-state index contributed by atoms with van der Waals surface area (Å²) in [7, 11) is 0. The monoisotopic (exact) mass is 452 g/mol. The number of carbonyl (C=O) groups excluding carboxylic acids is 2. The van der Waals surface area contributed by atoms with Crippen LogP contribution in [0.2, 0.25) is 5.02 Å². The molecule has 2 amide bonds. The fourth-order valence-corrected chi connectivity index (χ4v) is 3.97. The highest BCUT2D eigenvalue weighted by Crippen LogP contribution is 2.25. The zero-order valence-electron chi connectivity index (χ0n) is 15.3. The highest BCUT2D eigenvalue weighted by Gasteiger charge is 2.13. The van der Waals surface area contributed by atoms with E-state index in [0.717, 1.165) is 16.9 Å². The molecule has 0 aliphatic carbocycles. The third-order valence-electron chi connectivity index (χ3n) is 3.48. The van der Waals surface area contributed by atoms with Crippen LogP contribution in [0.15, 0.2) is 40.9 Å². The highest BCUT2D eigenvalue weighted by atomic mass is 35.5. The molecule has 0 aliphatic rings. The van der Waals surface area contributed by atoms with Gasteiger partial charge in [-0.15, -0.1) is 10.2 Å². The summed E-state index contributed by atoms with van der Waals surface area (Å²) in [5.74, 6) is 0.481. The Bertz CT molecular complexity index is 993. The summed E-state index contributed by atoms with van der Waals surface area (Å²) in [6.07, 6.45) is 1.02. The summed E-state index contributed by atoms with van der Waals surface area (Å²) in [6.45, 7) is 2.41. The summed E-state index contributed by atoms with van der Waals surface area (Å²) in [5, 5.41) is 18.2. The van der Waals surface area contributed by atoms with Gasteiger partial charge in [-0.05, 0) is 18.6 Å². The van der Waals surface area contributed by atoms with Crippen molar-refractivity contribution < 1.29 is 14.3 Å². The molecule has 0 fully saturated rings. The number of amides is 2. The zero-order valence-corrected chi connectivity index (χ0v) is 17.7. The Labute approximate surface area is 179 Å². The van der Waals surface area contributed by atoms with E-state index < -0.39 is 6.09 Å². The third-order valence-corrected chi connectivity index (χ3v) is 5.82. The normalized spacial score (nSPS) is 10.6. The van der Waals surface area contributed by atoms with E-state index in [1.165, 1.54) is 11.8 Å². The number of hydrogen-bond donors (Lipinski definition) is 2. The molecular weight excluding hydrogens is 436 g/mol. The summed E-state index contributed by atoms with van der Waals surface area (Å²) in [5.41, 5.74) is 0.901. The smallest absolute Gasteiger partial charge is 0.413 e. The van der Waals surface area contributed by atoms with Gasteiger partial charge in [0.2, 0.25) is 11.0 Å². The Kier molecular flexibility index (Phi) is 7.44. The number of ether oxygens (including phenoxy) is 1. The molecule has 0 atom stereocenters. The van der Waals surface area contributed by atoms with Gasteiger partial charge in [0, 0.05) is 11.1 Å². The maximum Gasteiger partial charge on any atom is 0.413 e. The van der Waals surface area contributed by atoms with Crippen LogP contribution in [0.3, 0.4) is 0 Å². The Hall–Kier alpha value is -2.63. The van der Waals surface area contributed by atoms with E-state index in [4.69, 9.17) is 16.3 Å². The second-order valence-electron chi connectivity index (χ2n) is 5.52. The summed E-state index contributed by atoms with van der Waals surface area (Å²) < 4.78 is 6.99. The van der Waals surface area contributed by atoms with Crippen molar-refractivity contribution in [2.45, 2.75) is 17.8 Å². The number of rotatable bonds is 8. The Morgan fingerprint density at radius 3 is 2.86 bits per heavy atom. The molecule has 9 nitrogen and oxygen atoms in total. The first kappa shape index (κ1) is 21.1. The van der Waals surface area contributed by atoms with Crippen molar-refractivity contribution in [3.8, 4) is 0 Å². The zero-order chi connectivity index (χ0) is 20.6. The molecule has 2 N–H and O–H groups in total. The Balaban J connectivity index is 1.52. The highest BCUT2D eigenvalue weighted by molar-refractivity contribution is 8.01. The number of halogens is 1. The average Bonchev–Trinajstić information content (AvgIpc) is 3.32. The molecule has 0 aliphatic heterocycles. The number of carbonyl (C=O) groups is 2. The topological polar surface area (TPSA) is 111 Å². The second-order valence-corrected chi connectivity index (χ2v) is 8.13. The summed E-state index contributed by atoms with van der Waals surface area (Å²) in [4.78, 5) is 23.7. The van der Waals surface area contributed by atoms with Gasteiger partial charge < -0.3 is 10.1 Å². The van der Waals surface area contributed by atoms with Crippen molar-refractivity contribution in [2.75, 3.05) is 23.0 Å². The molecule has 3 rings (SSSR count). The first-order chi connectivity index (χ1) is 14.0. The van der Waals surface area contributed by atoms with Crippen molar-refractivity contribution in [2.24, 2.45) is 0 Å². The number of benzene rings is 1. The molecule has 0 saturated carbocycles. The standard InChI is InChI=1S/C17H17ClN6O3S2/c1-2-27-16(26)21-15-22-23-17(29-15)28-10-14(25)20-13-7-8-19-24(13)9-11-5-3-4-6-12(11)18/h3-8H,2,9-10H2,1H3,(H,20,25)(H,21,22,26). The van der Waals surface area contributed by atoms with Gasteiger partial charge in [-0.25, -0.2) is 9.48 Å². The number of nitrogens with zero attached hydrogens (tertiary/aromatic N) is 4. The predicted octanol–water partition coefficient (Wildman–Crippen LogP) is 3.74. The minimum atomic E-state index is -0.593. The van der Waals surface area contributed by atoms with Gasteiger partial charge in [-0.2, -0.15) is 5.10 Å². The minimum absolute atomic E-state index is 0.130. The van der Waals surface area contributed by atoms with Crippen LogP contribution in [0.5, 0.6) is 0 Å². The van der Waals surface area contributed by atoms with Crippen LogP contribution < -0.4 is 10.6 Å². The molecule has 152 valence electrons. The molecule has 3 aromatic rings. The fraction of sp³-hybridized carbons (Fsp3) is 0.235. The Morgan fingerprint density at radius 1 is 1.24 bits per heavy atom. The van der Waals surface area contributed by atoms with Crippen LogP contribution in [-0.4, -0.2) is 44.3 Å². The maximum absolute atomic E-state index is 12.3. The number of thioether (sulfide) groups is 1. The van der Waals surface area contributed by atoms with Gasteiger partial charge in [-0.3, -0.25) is 10.1 Å². The first-order valence-corrected chi connectivity index (χ1v) is 10.7. The van der Waals surface area contributed by atoms with Crippen LogP contribution in [-0.2, 0) is 16.1 Å². The average molecular weight is 453 g/mol. The van der Waals surface area contributed by atoms with Crippen LogP contribution in [0, 0.1) is 0 Å². The lowest BCUT2D eigenvalue weighted by Gasteiger charge is -2.09. The van der Waals surface area contributed by atoms with Crippen molar-refractivity contribution in [3.63, 3.8) is 0 Å². The van der Waals surface area contributed by atoms with E-state index in [1.54, 1.807) is 23.9 Å². The SMILES string of the molecule is CCOC(=O)Nc1nnc(SCC(=O)Nc2ccnn2Cc2ccccc2Cl)s1. The van der Waals surface area contributed by atoms with Gasteiger partial charge in [-0.1, -0.05) is 52.9 Å². The predicted molar refractivity (Wildman–Crippen MR) is 113 cm³/mol. The van der Waals surface area contributed by atoms with E-state index in [2.05, 4.69) is 25.9 Å². The van der Waals surface area contributed by atoms with E-state index in [0.29, 0.717) is 26.9 Å². The first-order valence-electron chi connectivity index (χ1n) is 8.50. The summed E-state index contributed by atoms with van der Waals surface area (Å²) >= 11 is 8.56. The molecule has 0 unspecified atom stereocenters. The molecule has 0 saturated heterocycles. The molecular formula is C17H17ClN6O3S2. The molecule has 2 heterocycles. The van der Waals surface area contributed by atoms with Gasteiger partial charge in [0.15, 0.2) is 4.34 Å². The lowest BCUT2D eigenvalue weighted by atomic mass is 10.2. The van der Waals surface area contributed by atoms with Gasteiger partial charge >= 0.3 is 6.09 Å². The second kappa shape index (κ2) is 10.2. The van der Waals surface area contributed by atoms with Crippen molar-refractivity contribution >= 4 is 57.6 Å². The van der Waals surface area contributed by atoms with E-state index in [-0.39, 0.29) is 18.3 Å². The molecule has 0 radical (unpaired) electrons. The number of aromatic nitrogens is 4. The van der Waals surface area contributed by atoms with Gasteiger partial charge in [0.1, 0.15) is 5.82 Å². The lowest BCUT2D eigenvalue weighted by Crippen LogP contribution is -2.17. The van der Waals surface area contributed by atoms with Crippen molar-refractivity contribution in [3.05, 3.63) is 47.1 Å². The number of hydrogen-bond acceptors (Lipinski definition) is 8. The molecule has 2 aromatic heterocycles. The quantitative estimate of drug-likeness (QED) is 0.395. The Morgan fingerprint density at radius 2 is 2.07 bits per heavy atom. The molecule has 12 heteroatoms. The lowest BCUT2D eigenvalue weighted by molar-refractivity contribution is -0.113. The van der Waals surface area contributed by atoms with E-state index in [9.17, 15) is 9.59 Å². The van der Waals surface area contributed by atoms with E-state index >= 15 is 0 Å².